The molecule has 0 atom stereocenters. The lowest BCUT2D eigenvalue weighted by Gasteiger charge is -2.10. The van der Waals surface area contributed by atoms with E-state index in [1.165, 1.54) is 0 Å². The highest BCUT2D eigenvalue weighted by molar-refractivity contribution is 9.10. The minimum atomic E-state index is 0.616. The van der Waals surface area contributed by atoms with E-state index in [-0.39, 0.29) is 0 Å². The minimum Gasteiger partial charge on any atom is -0.481 e. The van der Waals surface area contributed by atoms with Gasteiger partial charge in [-0.2, -0.15) is 10.4 Å². The summed E-state index contributed by atoms with van der Waals surface area (Å²) in [5.74, 6) is 0.768. The molecule has 0 aliphatic rings. The summed E-state index contributed by atoms with van der Waals surface area (Å²) in [5.41, 5.74) is 3.63. The molecule has 0 bridgehead atoms. The molecule has 0 unspecified atom stereocenters. The molecule has 2 rings (SSSR count). The third kappa shape index (κ3) is 3.19. The molecule has 0 amide bonds. The fourth-order valence-corrected chi connectivity index (χ4v) is 2.75. The normalized spacial score (nSPS) is 10.2. The van der Waals surface area contributed by atoms with E-state index in [0.717, 1.165) is 33.7 Å². The Morgan fingerprint density at radius 3 is 2.81 bits per heavy atom. The van der Waals surface area contributed by atoms with Gasteiger partial charge < -0.3 is 10.1 Å². The van der Waals surface area contributed by atoms with Crippen molar-refractivity contribution in [2.75, 3.05) is 12.4 Å². The summed E-state index contributed by atoms with van der Waals surface area (Å²) in [7, 11) is 3.52. The lowest BCUT2D eigenvalue weighted by atomic mass is 10.2. The summed E-state index contributed by atoms with van der Waals surface area (Å²) in [6.07, 6.45) is 0.850. The Labute approximate surface area is 132 Å². The van der Waals surface area contributed by atoms with Crippen LogP contribution in [0.2, 0.25) is 0 Å². The van der Waals surface area contributed by atoms with Crippen LogP contribution in [0.25, 0.3) is 0 Å². The van der Waals surface area contributed by atoms with Gasteiger partial charge in [0.05, 0.1) is 30.0 Å². The molecule has 1 heterocycles. The molecule has 21 heavy (non-hydrogen) atoms. The third-order valence-electron chi connectivity index (χ3n) is 3.25. The summed E-state index contributed by atoms with van der Waals surface area (Å²) in [6.45, 7) is 2.69. The number of nitriles is 1. The average molecular weight is 349 g/mol. The van der Waals surface area contributed by atoms with Crippen molar-refractivity contribution in [1.29, 1.82) is 5.26 Å². The lowest BCUT2D eigenvalue weighted by Crippen LogP contribution is -2.04. The Morgan fingerprint density at radius 2 is 2.24 bits per heavy atom. The minimum absolute atomic E-state index is 0.616. The molecule has 1 N–H and O–H groups in total. The first-order chi connectivity index (χ1) is 10.1. The SMILES string of the molecule is CCc1nn(C)c(OC)c1CNc1ccc(C#N)cc1Br. The van der Waals surface area contributed by atoms with Gasteiger partial charge in [0.2, 0.25) is 5.88 Å². The number of hydrogen-bond donors (Lipinski definition) is 1. The van der Waals surface area contributed by atoms with Crippen molar-refractivity contribution in [3.05, 3.63) is 39.5 Å². The molecule has 2 aromatic rings. The van der Waals surface area contributed by atoms with Crippen LogP contribution in [-0.4, -0.2) is 16.9 Å². The average Bonchev–Trinajstić information content (AvgIpc) is 2.80. The number of hydrogen-bond acceptors (Lipinski definition) is 4. The van der Waals surface area contributed by atoms with Gasteiger partial charge in [0.15, 0.2) is 0 Å². The van der Waals surface area contributed by atoms with E-state index >= 15 is 0 Å². The van der Waals surface area contributed by atoms with E-state index < -0.39 is 0 Å². The molecule has 110 valence electrons. The fourth-order valence-electron chi connectivity index (χ4n) is 2.23. The van der Waals surface area contributed by atoms with Crippen molar-refractivity contribution >= 4 is 21.6 Å². The molecule has 5 nitrogen and oxygen atoms in total. The van der Waals surface area contributed by atoms with E-state index in [4.69, 9.17) is 10.00 Å². The van der Waals surface area contributed by atoms with Crippen LogP contribution < -0.4 is 10.1 Å². The number of nitrogens with one attached hydrogen (secondary N) is 1. The molecule has 6 heteroatoms. The zero-order valence-electron chi connectivity index (χ0n) is 12.3. The Hall–Kier alpha value is -2.00. The summed E-state index contributed by atoms with van der Waals surface area (Å²) >= 11 is 3.47. The molecular formula is C15H17BrN4O. The number of rotatable bonds is 5. The van der Waals surface area contributed by atoms with Gasteiger partial charge >= 0.3 is 0 Å². The summed E-state index contributed by atoms with van der Waals surface area (Å²) in [6, 6.07) is 7.58. The van der Waals surface area contributed by atoms with Gasteiger partial charge in [0, 0.05) is 23.8 Å². The topological polar surface area (TPSA) is 62.9 Å². The number of ether oxygens (including phenoxy) is 1. The van der Waals surface area contributed by atoms with Crippen molar-refractivity contribution < 1.29 is 4.74 Å². The quantitative estimate of drug-likeness (QED) is 0.900. The predicted octanol–water partition coefficient (Wildman–Crippen LogP) is 3.24. The monoisotopic (exact) mass is 348 g/mol. The second kappa shape index (κ2) is 6.64. The number of halogens is 1. The third-order valence-corrected chi connectivity index (χ3v) is 3.91. The summed E-state index contributed by atoms with van der Waals surface area (Å²) in [5, 5.41) is 16.7. The van der Waals surface area contributed by atoms with Crippen LogP contribution in [0, 0.1) is 11.3 Å². The van der Waals surface area contributed by atoms with Crippen molar-refractivity contribution in [3.8, 4) is 11.9 Å². The maximum absolute atomic E-state index is 8.88. The van der Waals surface area contributed by atoms with Gasteiger partial charge in [-0.3, -0.25) is 0 Å². The zero-order valence-corrected chi connectivity index (χ0v) is 13.9. The second-order valence-electron chi connectivity index (χ2n) is 4.57. The number of nitrogens with zero attached hydrogens (tertiary/aromatic N) is 3. The Balaban J connectivity index is 2.22. The van der Waals surface area contributed by atoms with Crippen molar-refractivity contribution in [2.24, 2.45) is 7.05 Å². The molecule has 1 aromatic heterocycles. The van der Waals surface area contributed by atoms with E-state index in [9.17, 15) is 0 Å². The van der Waals surface area contributed by atoms with E-state index in [1.54, 1.807) is 23.9 Å². The molecule has 0 aliphatic heterocycles. The van der Waals surface area contributed by atoms with Crippen LogP contribution in [0.15, 0.2) is 22.7 Å². The van der Waals surface area contributed by atoms with Crippen molar-refractivity contribution in [3.63, 3.8) is 0 Å². The highest BCUT2D eigenvalue weighted by atomic mass is 79.9. The number of anilines is 1. The summed E-state index contributed by atoms with van der Waals surface area (Å²) in [4.78, 5) is 0. The number of aromatic nitrogens is 2. The Kier molecular flexibility index (Phi) is 4.86. The zero-order chi connectivity index (χ0) is 15.4. The Morgan fingerprint density at radius 1 is 1.48 bits per heavy atom. The van der Waals surface area contributed by atoms with Gasteiger partial charge in [-0.15, -0.1) is 0 Å². The van der Waals surface area contributed by atoms with Crippen LogP contribution >= 0.6 is 15.9 Å². The van der Waals surface area contributed by atoms with Gasteiger partial charge in [0.25, 0.3) is 0 Å². The first-order valence-electron chi connectivity index (χ1n) is 6.63. The van der Waals surface area contributed by atoms with Crippen molar-refractivity contribution in [1.82, 2.24) is 9.78 Å². The highest BCUT2D eigenvalue weighted by Crippen LogP contribution is 2.27. The van der Waals surface area contributed by atoms with Gasteiger partial charge in [-0.05, 0) is 40.5 Å². The van der Waals surface area contributed by atoms with Crippen LogP contribution in [0.1, 0.15) is 23.7 Å². The molecule has 0 spiro atoms. The maximum atomic E-state index is 8.88. The molecule has 0 saturated carbocycles. The molecule has 0 radical (unpaired) electrons. The van der Waals surface area contributed by atoms with E-state index in [1.807, 2.05) is 13.1 Å². The van der Waals surface area contributed by atoms with Crippen LogP contribution in [0.5, 0.6) is 5.88 Å². The maximum Gasteiger partial charge on any atom is 0.216 e. The van der Waals surface area contributed by atoms with Crippen molar-refractivity contribution in [2.45, 2.75) is 19.9 Å². The van der Waals surface area contributed by atoms with Gasteiger partial charge in [-0.25, -0.2) is 4.68 Å². The first-order valence-corrected chi connectivity index (χ1v) is 7.42. The van der Waals surface area contributed by atoms with Gasteiger partial charge in [-0.1, -0.05) is 6.92 Å². The Bertz CT molecular complexity index is 688. The second-order valence-corrected chi connectivity index (χ2v) is 5.43. The first kappa shape index (κ1) is 15.4. The smallest absolute Gasteiger partial charge is 0.216 e. The lowest BCUT2D eigenvalue weighted by molar-refractivity contribution is 0.370. The predicted molar refractivity (Wildman–Crippen MR) is 85.3 cm³/mol. The van der Waals surface area contributed by atoms with E-state index in [0.29, 0.717) is 12.1 Å². The largest absolute Gasteiger partial charge is 0.481 e. The molecule has 0 fully saturated rings. The van der Waals surface area contributed by atoms with Crippen LogP contribution in [-0.2, 0) is 20.0 Å². The standard InChI is InChI=1S/C15H17BrN4O/c1-4-13-11(15(21-3)20(2)19-13)9-18-14-6-5-10(8-17)7-12(14)16/h5-7,18H,4,9H2,1-3H3. The molecule has 0 aliphatic carbocycles. The molecular weight excluding hydrogens is 332 g/mol. The van der Waals surface area contributed by atoms with Gasteiger partial charge in [0.1, 0.15) is 0 Å². The van der Waals surface area contributed by atoms with E-state index in [2.05, 4.69) is 39.3 Å². The van der Waals surface area contributed by atoms with Crippen LogP contribution in [0.4, 0.5) is 5.69 Å². The summed E-state index contributed by atoms with van der Waals surface area (Å²) < 4.78 is 8.04. The number of benzene rings is 1. The molecule has 0 saturated heterocycles. The number of methoxy groups -OCH3 is 1. The van der Waals surface area contributed by atoms with Crippen LogP contribution in [0.3, 0.4) is 0 Å². The fraction of sp³-hybridized carbons (Fsp3) is 0.333. The number of aryl methyl sites for hydroxylation is 2. The highest BCUT2D eigenvalue weighted by Gasteiger charge is 2.15. The molecule has 1 aromatic carbocycles.